The van der Waals surface area contributed by atoms with E-state index in [0.29, 0.717) is 11.8 Å². The van der Waals surface area contributed by atoms with Crippen LogP contribution < -0.4 is 4.78 Å². The van der Waals surface area contributed by atoms with Crippen LogP contribution in [-0.4, -0.2) is 23.3 Å². The van der Waals surface area contributed by atoms with Crippen LogP contribution >= 0.6 is 11.3 Å². The Morgan fingerprint density at radius 2 is 1.45 bits per heavy atom. The molecule has 0 spiro atoms. The van der Waals surface area contributed by atoms with Gasteiger partial charge in [0.1, 0.15) is 0 Å². The van der Waals surface area contributed by atoms with E-state index in [4.69, 9.17) is 14.3 Å². The van der Waals surface area contributed by atoms with E-state index >= 15 is 0 Å². The standard InChI is InChI=1S/C15H26BNO2S/c1-9(2)11-12(20-13(17-11)10(3)4)16-18-14(5,6)15(7,8)19-16/h9-10H,1-8H3. The van der Waals surface area contributed by atoms with Gasteiger partial charge in [0, 0.05) is 5.92 Å². The molecule has 1 aromatic heterocycles. The zero-order valence-electron chi connectivity index (χ0n) is 13.9. The third-order valence-corrected chi connectivity index (χ3v) is 5.60. The second kappa shape index (κ2) is 5.11. The molecule has 1 fully saturated rings. The van der Waals surface area contributed by atoms with Crippen molar-refractivity contribution in [3.05, 3.63) is 10.7 Å². The van der Waals surface area contributed by atoms with Crippen LogP contribution in [-0.2, 0) is 9.31 Å². The molecule has 2 rings (SSSR count). The second-order valence-corrected chi connectivity index (χ2v) is 8.26. The van der Waals surface area contributed by atoms with Gasteiger partial charge in [-0.05, 0) is 33.6 Å². The van der Waals surface area contributed by atoms with Crippen LogP contribution in [0.2, 0.25) is 0 Å². The van der Waals surface area contributed by atoms with Crippen molar-refractivity contribution >= 4 is 23.2 Å². The Labute approximate surface area is 127 Å². The van der Waals surface area contributed by atoms with Gasteiger partial charge in [-0.3, -0.25) is 0 Å². The molecule has 1 aromatic rings. The molecule has 1 aliphatic rings. The lowest BCUT2D eigenvalue weighted by molar-refractivity contribution is 0.00578. The van der Waals surface area contributed by atoms with Crippen molar-refractivity contribution in [3.8, 4) is 0 Å². The van der Waals surface area contributed by atoms with Gasteiger partial charge in [-0.25, -0.2) is 4.98 Å². The topological polar surface area (TPSA) is 31.4 Å². The molecule has 0 unspecified atom stereocenters. The zero-order chi connectivity index (χ0) is 15.3. The van der Waals surface area contributed by atoms with E-state index in [1.165, 1.54) is 5.01 Å². The Morgan fingerprint density at radius 3 is 1.85 bits per heavy atom. The summed E-state index contributed by atoms with van der Waals surface area (Å²) in [6, 6.07) is 0. The summed E-state index contributed by atoms with van der Waals surface area (Å²) in [7, 11) is -0.289. The minimum Gasteiger partial charge on any atom is -0.399 e. The van der Waals surface area contributed by atoms with Gasteiger partial charge in [0.25, 0.3) is 0 Å². The molecule has 0 radical (unpaired) electrons. The highest BCUT2D eigenvalue weighted by atomic mass is 32.1. The third kappa shape index (κ3) is 2.68. The predicted molar refractivity (Wildman–Crippen MR) is 86.0 cm³/mol. The average Bonchev–Trinajstić information content (AvgIpc) is 2.79. The molecule has 112 valence electrons. The van der Waals surface area contributed by atoms with Gasteiger partial charge >= 0.3 is 7.12 Å². The second-order valence-electron chi connectivity index (χ2n) is 7.20. The molecular weight excluding hydrogens is 269 g/mol. The van der Waals surface area contributed by atoms with Gasteiger partial charge in [0.2, 0.25) is 0 Å². The Kier molecular flexibility index (Phi) is 4.09. The van der Waals surface area contributed by atoms with Crippen molar-refractivity contribution in [1.82, 2.24) is 4.98 Å². The summed E-state index contributed by atoms with van der Waals surface area (Å²) in [5.74, 6) is 0.821. The average molecular weight is 295 g/mol. The van der Waals surface area contributed by atoms with Gasteiger partial charge in [-0.1, -0.05) is 27.7 Å². The van der Waals surface area contributed by atoms with Crippen LogP contribution in [0.15, 0.2) is 0 Å². The van der Waals surface area contributed by atoms with Crippen LogP contribution in [0.3, 0.4) is 0 Å². The lowest BCUT2D eigenvalue weighted by Crippen LogP contribution is -2.41. The molecule has 0 aromatic carbocycles. The first-order valence-electron chi connectivity index (χ1n) is 7.41. The van der Waals surface area contributed by atoms with Crippen molar-refractivity contribution in [2.24, 2.45) is 0 Å². The Bertz CT molecular complexity index is 478. The van der Waals surface area contributed by atoms with E-state index < -0.39 is 0 Å². The minimum absolute atomic E-state index is 0.289. The predicted octanol–water partition coefficient (Wildman–Crippen LogP) is 3.69. The van der Waals surface area contributed by atoms with Gasteiger partial charge in [0.15, 0.2) is 0 Å². The number of rotatable bonds is 3. The van der Waals surface area contributed by atoms with Gasteiger partial charge in [0.05, 0.1) is 26.7 Å². The van der Waals surface area contributed by atoms with Gasteiger partial charge in [-0.15, -0.1) is 11.3 Å². The maximum atomic E-state index is 6.18. The molecule has 0 aliphatic carbocycles. The molecule has 0 amide bonds. The van der Waals surface area contributed by atoms with E-state index in [2.05, 4.69) is 55.4 Å². The lowest BCUT2D eigenvalue weighted by atomic mass is 9.84. The van der Waals surface area contributed by atoms with Crippen LogP contribution in [0.1, 0.15) is 77.9 Å². The first-order valence-corrected chi connectivity index (χ1v) is 8.23. The number of hydrogen-bond donors (Lipinski definition) is 0. The number of thiazole rings is 1. The summed E-state index contributed by atoms with van der Waals surface area (Å²) in [4.78, 5) is 4.81. The van der Waals surface area contributed by atoms with Crippen LogP contribution in [0.25, 0.3) is 0 Å². The van der Waals surface area contributed by atoms with E-state index in [1.54, 1.807) is 11.3 Å². The van der Waals surface area contributed by atoms with Crippen molar-refractivity contribution in [2.75, 3.05) is 0 Å². The Balaban J connectivity index is 2.39. The van der Waals surface area contributed by atoms with Crippen molar-refractivity contribution < 1.29 is 9.31 Å². The molecule has 3 nitrogen and oxygen atoms in total. The highest BCUT2D eigenvalue weighted by Gasteiger charge is 2.53. The van der Waals surface area contributed by atoms with Crippen LogP contribution in [0.5, 0.6) is 0 Å². The molecule has 5 heteroatoms. The number of nitrogens with zero attached hydrogens (tertiary/aromatic N) is 1. The molecule has 0 N–H and O–H groups in total. The smallest absolute Gasteiger partial charge is 0.399 e. The minimum atomic E-state index is -0.298. The van der Waals surface area contributed by atoms with E-state index in [9.17, 15) is 0 Å². The van der Waals surface area contributed by atoms with Gasteiger partial charge < -0.3 is 9.31 Å². The van der Waals surface area contributed by atoms with Crippen LogP contribution in [0, 0.1) is 0 Å². The number of aromatic nitrogens is 1. The zero-order valence-corrected chi connectivity index (χ0v) is 14.7. The van der Waals surface area contributed by atoms with Crippen LogP contribution in [0.4, 0.5) is 0 Å². The first-order chi connectivity index (χ1) is 9.05. The SMILES string of the molecule is CC(C)c1nc(C(C)C)c(B2OC(C)(C)C(C)(C)O2)s1. The molecule has 0 atom stereocenters. The van der Waals surface area contributed by atoms with Gasteiger partial charge in [-0.2, -0.15) is 0 Å². The fourth-order valence-electron chi connectivity index (χ4n) is 2.14. The summed E-state index contributed by atoms with van der Waals surface area (Å²) < 4.78 is 13.5. The van der Waals surface area contributed by atoms with Crippen molar-refractivity contribution in [2.45, 2.75) is 78.4 Å². The van der Waals surface area contributed by atoms with Crippen molar-refractivity contribution in [1.29, 1.82) is 0 Å². The fourth-order valence-corrected chi connectivity index (χ4v) is 3.32. The first kappa shape index (κ1) is 16.0. The quantitative estimate of drug-likeness (QED) is 0.797. The number of hydrogen-bond acceptors (Lipinski definition) is 4. The third-order valence-electron chi connectivity index (χ3n) is 4.21. The largest absolute Gasteiger partial charge is 0.507 e. The van der Waals surface area contributed by atoms with E-state index in [0.717, 1.165) is 10.5 Å². The maximum absolute atomic E-state index is 6.18. The van der Waals surface area contributed by atoms with E-state index in [-0.39, 0.29) is 18.3 Å². The molecule has 1 saturated heterocycles. The summed E-state index contributed by atoms with van der Waals surface area (Å²) >= 11 is 1.73. The molecule has 0 saturated carbocycles. The molecule has 0 bridgehead atoms. The highest BCUT2D eigenvalue weighted by molar-refractivity contribution is 7.22. The van der Waals surface area contributed by atoms with Crippen molar-refractivity contribution in [3.63, 3.8) is 0 Å². The Hall–Kier alpha value is -0.385. The monoisotopic (exact) mass is 295 g/mol. The van der Waals surface area contributed by atoms with E-state index in [1.807, 2.05) is 0 Å². The highest BCUT2D eigenvalue weighted by Crippen LogP contribution is 2.38. The summed E-state index contributed by atoms with van der Waals surface area (Å²) in [6.07, 6.45) is 0. The summed E-state index contributed by atoms with van der Waals surface area (Å²) in [5, 5.41) is 1.17. The maximum Gasteiger partial charge on any atom is 0.507 e. The normalized spacial score (nSPS) is 21.2. The molecule has 20 heavy (non-hydrogen) atoms. The lowest BCUT2D eigenvalue weighted by Gasteiger charge is -2.32. The summed E-state index contributed by atoms with van der Waals surface area (Å²) in [5.41, 5.74) is 0.527. The fraction of sp³-hybridized carbons (Fsp3) is 0.800. The molecule has 1 aliphatic heterocycles. The summed E-state index contributed by atoms with van der Waals surface area (Å²) in [6.45, 7) is 17.1. The molecule has 2 heterocycles. The Morgan fingerprint density at radius 1 is 0.950 bits per heavy atom. The molecular formula is C15H26BNO2S.